The predicted molar refractivity (Wildman–Crippen MR) is 102 cm³/mol. The molecule has 0 bridgehead atoms. The molecule has 2 aliphatic rings. The van der Waals surface area contributed by atoms with Crippen molar-refractivity contribution in [3.8, 4) is 11.3 Å². The molecule has 0 spiro atoms. The number of amides is 1. The van der Waals surface area contributed by atoms with Gasteiger partial charge >= 0.3 is 0 Å². The molecule has 1 N–H and O–H groups in total. The molecule has 1 amide bonds. The van der Waals surface area contributed by atoms with Gasteiger partial charge in [-0.25, -0.2) is 4.98 Å². The Morgan fingerprint density at radius 3 is 2.41 bits per heavy atom. The highest BCUT2D eigenvalue weighted by Crippen LogP contribution is 2.32. The van der Waals surface area contributed by atoms with Gasteiger partial charge < -0.3 is 10.2 Å². The fourth-order valence-electron chi connectivity index (χ4n) is 3.49. The SMILES string of the molecule is O=C(NC1CCN(c2ccc([N+](=O)[O-])c(-c3ccccc3)n2)CC1)C1CC1. The first kappa shape index (κ1) is 17.5. The van der Waals surface area contributed by atoms with E-state index in [1.165, 1.54) is 6.07 Å². The fraction of sp³-hybridized carbons (Fsp3) is 0.400. The summed E-state index contributed by atoms with van der Waals surface area (Å²) in [7, 11) is 0. The van der Waals surface area contributed by atoms with Crippen molar-refractivity contribution in [1.29, 1.82) is 0 Å². The summed E-state index contributed by atoms with van der Waals surface area (Å²) in [5.41, 5.74) is 1.14. The van der Waals surface area contributed by atoms with Crippen LogP contribution in [0.25, 0.3) is 11.3 Å². The molecule has 27 heavy (non-hydrogen) atoms. The minimum Gasteiger partial charge on any atom is -0.356 e. The average molecular weight is 366 g/mol. The van der Waals surface area contributed by atoms with Gasteiger partial charge in [0.15, 0.2) is 5.69 Å². The van der Waals surface area contributed by atoms with Gasteiger partial charge in [0.25, 0.3) is 5.69 Å². The molecule has 1 aromatic carbocycles. The van der Waals surface area contributed by atoms with Crippen molar-refractivity contribution in [2.24, 2.45) is 5.92 Å². The summed E-state index contributed by atoms with van der Waals surface area (Å²) in [4.78, 5) is 29.7. The van der Waals surface area contributed by atoms with Gasteiger partial charge in [-0.3, -0.25) is 14.9 Å². The van der Waals surface area contributed by atoms with Gasteiger partial charge in [0, 0.05) is 36.7 Å². The van der Waals surface area contributed by atoms with E-state index in [0.29, 0.717) is 5.69 Å². The molecule has 7 nitrogen and oxygen atoms in total. The van der Waals surface area contributed by atoms with E-state index >= 15 is 0 Å². The van der Waals surface area contributed by atoms with E-state index in [-0.39, 0.29) is 23.6 Å². The summed E-state index contributed by atoms with van der Waals surface area (Å²) in [6, 6.07) is 12.7. The third-order valence-corrected chi connectivity index (χ3v) is 5.22. The number of carbonyl (C=O) groups is 1. The molecule has 1 aliphatic heterocycles. The molecule has 1 aliphatic carbocycles. The van der Waals surface area contributed by atoms with Crippen LogP contribution in [0.1, 0.15) is 25.7 Å². The summed E-state index contributed by atoms with van der Waals surface area (Å²) in [6.45, 7) is 1.54. The highest BCUT2D eigenvalue weighted by molar-refractivity contribution is 5.81. The maximum absolute atomic E-state index is 11.9. The molecule has 2 aromatic rings. The van der Waals surface area contributed by atoms with Crippen LogP contribution in [0.4, 0.5) is 11.5 Å². The lowest BCUT2D eigenvalue weighted by Crippen LogP contribution is -2.45. The zero-order chi connectivity index (χ0) is 18.8. The lowest BCUT2D eigenvalue weighted by Gasteiger charge is -2.33. The number of nitrogens with one attached hydrogen (secondary N) is 1. The minimum atomic E-state index is -0.390. The first-order valence-corrected chi connectivity index (χ1v) is 9.38. The van der Waals surface area contributed by atoms with Crippen LogP contribution >= 0.6 is 0 Å². The van der Waals surface area contributed by atoms with Crippen molar-refractivity contribution in [1.82, 2.24) is 10.3 Å². The Kier molecular flexibility index (Phi) is 4.75. The van der Waals surface area contributed by atoms with Crippen LogP contribution in [-0.4, -0.2) is 34.9 Å². The quantitative estimate of drug-likeness (QED) is 0.649. The highest BCUT2D eigenvalue weighted by atomic mass is 16.6. The monoisotopic (exact) mass is 366 g/mol. The second-order valence-electron chi connectivity index (χ2n) is 7.20. The number of carbonyl (C=O) groups excluding carboxylic acids is 1. The van der Waals surface area contributed by atoms with E-state index in [2.05, 4.69) is 15.2 Å². The van der Waals surface area contributed by atoms with Crippen molar-refractivity contribution in [2.75, 3.05) is 18.0 Å². The third kappa shape index (κ3) is 3.92. The van der Waals surface area contributed by atoms with Crippen molar-refractivity contribution in [3.05, 3.63) is 52.6 Å². The van der Waals surface area contributed by atoms with Gasteiger partial charge in [-0.05, 0) is 31.7 Å². The van der Waals surface area contributed by atoms with Crippen LogP contribution in [0.2, 0.25) is 0 Å². The van der Waals surface area contributed by atoms with E-state index < -0.39 is 4.92 Å². The van der Waals surface area contributed by atoms with Crippen LogP contribution in [0, 0.1) is 16.0 Å². The number of hydrogen-bond donors (Lipinski definition) is 1. The van der Waals surface area contributed by atoms with E-state index in [1.54, 1.807) is 6.07 Å². The largest absolute Gasteiger partial charge is 0.356 e. The molecule has 140 valence electrons. The molecule has 4 rings (SSSR count). The molecule has 1 saturated heterocycles. The maximum atomic E-state index is 11.9. The summed E-state index contributed by atoms with van der Waals surface area (Å²) < 4.78 is 0. The number of pyridine rings is 1. The number of benzene rings is 1. The predicted octanol–water partition coefficient (Wildman–Crippen LogP) is 3.15. The Bertz CT molecular complexity index is 844. The van der Waals surface area contributed by atoms with Crippen molar-refractivity contribution >= 4 is 17.4 Å². The van der Waals surface area contributed by atoms with E-state index in [4.69, 9.17) is 0 Å². The Labute approximate surface area is 157 Å². The molecule has 0 atom stereocenters. The van der Waals surface area contributed by atoms with Crippen molar-refractivity contribution in [3.63, 3.8) is 0 Å². The topological polar surface area (TPSA) is 88.4 Å². The van der Waals surface area contributed by atoms with Crippen molar-refractivity contribution < 1.29 is 9.72 Å². The number of aromatic nitrogens is 1. The van der Waals surface area contributed by atoms with Crippen LogP contribution in [-0.2, 0) is 4.79 Å². The average Bonchev–Trinajstić information content (AvgIpc) is 3.54. The zero-order valence-electron chi connectivity index (χ0n) is 15.0. The summed E-state index contributed by atoms with van der Waals surface area (Å²) in [5, 5.41) is 14.5. The smallest absolute Gasteiger partial charge is 0.295 e. The fourth-order valence-corrected chi connectivity index (χ4v) is 3.49. The highest BCUT2D eigenvalue weighted by Gasteiger charge is 2.32. The second kappa shape index (κ2) is 7.34. The Hall–Kier alpha value is -2.96. The number of hydrogen-bond acceptors (Lipinski definition) is 5. The van der Waals surface area contributed by atoms with E-state index in [1.807, 2.05) is 30.3 Å². The lowest BCUT2D eigenvalue weighted by molar-refractivity contribution is -0.384. The second-order valence-corrected chi connectivity index (χ2v) is 7.20. The lowest BCUT2D eigenvalue weighted by atomic mass is 10.0. The summed E-state index contributed by atoms with van der Waals surface area (Å²) in [5.74, 6) is 1.16. The molecule has 1 aromatic heterocycles. The first-order chi connectivity index (χ1) is 13.1. The molecule has 1 saturated carbocycles. The summed E-state index contributed by atoms with van der Waals surface area (Å²) in [6.07, 6.45) is 3.74. The Morgan fingerprint density at radius 2 is 1.78 bits per heavy atom. The number of nitro groups is 1. The van der Waals surface area contributed by atoms with Crippen LogP contribution in [0.15, 0.2) is 42.5 Å². The van der Waals surface area contributed by atoms with Gasteiger partial charge in [-0.15, -0.1) is 0 Å². The molecule has 0 radical (unpaired) electrons. The van der Waals surface area contributed by atoms with Gasteiger partial charge in [0.05, 0.1) is 4.92 Å². The Morgan fingerprint density at radius 1 is 1.07 bits per heavy atom. The van der Waals surface area contributed by atoms with Gasteiger partial charge in [-0.2, -0.15) is 0 Å². The zero-order valence-corrected chi connectivity index (χ0v) is 15.0. The Balaban J connectivity index is 1.49. The van der Waals surface area contributed by atoms with Crippen LogP contribution in [0.5, 0.6) is 0 Å². The minimum absolute atomic E-state index is 0.0107. The maximum Gasteiger partial charge on any atom is 0.295 e. The number of rotatable bonds is 5. The van der Waals surface area contributed by atoms with E-state index in [0.717, 1.165) is 50.2 Å². The molecule has 7 heteroatoms. The van der Waals surface area contributed by atoms with Crippen LogP contribution < -0.4 is 10.2 Å². The van der Waals surface area contributed by atoms with Crippen molar-refractivity contribution in [2.45, 2.75) is 31.7 Å². The normalized spacial score (nSPS) is 17.6. The van der Waals surface area contributed by atoms with Gasteiger partial charge in [-0.1, -0.05) is 30.3 Å². The molecular formula is C20H22N4O3. The number of piperidine rings is 1. The molecular weight excluding hydrogens is 344 g/mol. The van der Waals surface area contributed by atoms with E-state index in [9.17, 15) is 14.9 Å². The first-order valence-electron chi connectivity index (χ1n) is 9.38. The van der Waals surface area contributed by atoms with Gasteiger partial charge in [0.1, 0.15) is 5.82 Å². The van der Waals surface area contributed by atoms with Gasteiger partial charge in [0.2, 0.25) is 5.91 Å². The van der Waals surface area contributed by atoms with Crippen LogP contribution in [0.3, 0.4) is 0 Å². The summed E-state index contributed by atoms with van der Waals surface area (Å²) >= 11 is 0. The third-order valence-electron chi connectivity index (χ3n) is 5.22. The molecule has 2 heterocycles. The molecule has 0 unspecified atom stereocenters. The standard InChI is InChI=1S/C20H22N4O3/c25-20(15-6-7-15)21-16-10-12-23(13-11-16)18-9-8-17(24(26)27)19(22-18)14-4-2-1-3-5-14/h1-5,8-9,15-16H,6-7,10-13H2,(H,21,25). The number of anilines is 1. The number of nitrogens with zero attached hydrogens (tertiary/aromatic N) is 3. The molecule has 2 fully saturated rings.